The fraction of sp³-hybridized carbons (Fsp3) is 0.360. The van der Waals surface area contributed by atoms with Crippen LogP contribution in [-0.4, -0.2) is 31.6 Å². The highest BCUT2D eigenvalue weighted by molar-refractivity contribution is 5.91. The van der Waals surface area contributed by atoms with Crippen molar-refractivity contribution in [1.29, 1.82) is 0 Å². The average Bonchev–Trinajstić information content (AvgIpc) is 2.79. The van der Waals surface area contributed by atoms with Crippen LogP contribution in [0.1, 0.15) is 54.6 Å². The van der Waals surface area contributed by atoms with Gasteiger partial charge in [-0.2, -0.15) is 0 Å². The van der Waals surface area contributed by atoms with Gasteiger partial charge in [-0.1, -0.05) is 36.4 Å². The smallest absolute Gasteiger partial charge is 0.338 e. The van der Waals surface area contributed by atoms with Gasteiger partial charge in [-0.3, -0.25) is 4.79 Å². The number of nitrogens with zero attached hydrogens (tertiary/aromatic N) is 1. The third-order valence-electron chi connectivity index (χ3n) is 5.28. The number of hydrogen-bond acceptors (Lipinski definition) is 4. The van der Waals surface area contributed by atoms with E-state index in [-0.39, 0.29) is 18.3 Å². The van der Waals surface area contributed by atoms with Crippen LogP contribution in [0.5, 0.6) is 0 Å². The van der Waals surface area contributed by atoms with E-state index in [0.29, 0.717) is 12.2 Å². The molecule has 1 heterocycles. The number of rotatable bonds is 7. The van der Waals surface area contributed by atoms with E-state index in [4.69, 9.17) is 4.74 Å². The second kappa shape index (κ2) is 10.6. The third kappa shape index (κ3) is 5.50. The minimum absolute atomic E-state index is 0.0829. The molecule has 30 heavy (non-hydrogen) atoms. The Kier molecular flexibility index (Phi) is 7.66. The van der Waals surface area contributed by atoms with E-state index in [9.17, 15) is 9.59 Å². The predicted octanol–water partition coefficient (Wildman–Crippen LogP) is 4.57. The minimum Gasteiger partial charge on any atom is -0.462 e. The molecule has 2 aromatic rings. The van der Waals surface area contributed by atoms with E-state index in [1.54, 1.807) is 31.2 Å². The Morgan fingerprint density at radius 3 is 2.40 bits per heavy atom. The summed E-state index contributed by atoms with van der Waals surface area (Å²) in [5, 5.41) is 3.07. The highest BCUT2D eigenvalue weighted by Crippen LogP contribution is 2.28. The molecule has 3 rings (SSSR count). The molecule has 2 aromatic carbocycles. The molecule has 158 valence electrons. The number of amides is 1. The summed E-state index contributed by atoms with van der Waals surface area (Å²) >= 11 is 0. The van der Waals surface area contributed by atoms with Crippen LogP contribution in [0.4, 0.5) is 5.69 Å². The van der Waals surface area contributed by atoms with Gasteiger partial charge >= 0.3 is 5.97 Å². The maximum Gasteiger partial charge on any atom is 0.338 e. The molecule has 0 unspecified atom stereocenters. The number of allylic oxidation sites excluding steroid dienone is 1. The molecule has 0 spiro atoms. The maximum atomic E-state index is 12.7. The molecule has 1 amide bonds. The number of carbonyl (C=O) groups excluding carboxylic acids is 2. The van der Waals surface area contributed by atoms with E-state index >= 15 is 0 Å². The lowest BCUT2D eigenvalue weighted by Crippen LogP contribution is -2.31. The van der Waals surface area contributed by atoms with Crippen molar-refractivity contribution >= 4 is 23.3 Å². The Balaban J connectivity index is 1.68. The van der Waals surface area contributed by atoms with Crippen molar-refractivity contribution in [2.24, 2.45) is 0 Å². The first-order valence-electron chi connectivity index (χ1n) is 10.7. The summed E-state index contributed by atoms with van der Waals surface area (Å²) in [5.74, 6) is -0.431. The van der Waals surface area contributed by atoms with Crippen molar-refractivity contribution in [2.75, 3.05) is 24.6 Å². The molecule has 0 aliphatic carbocycles. The van der Waals surface area contributed by atoms with Gasteiger partial charge in [0.25, 0.3) is 0 Å². The quantitative estimate of drug-likeness (QED) is 0.684. The topological polar surface area (TPSA) is 58.6 Å². The van der Waals surface area contributed by atoms with Crippen molar-refractivity contribution in [3.63, 3.8) is 0 Å². The SMILES string of the molecule is C/C=C(\NC(=O)Cc1ccc(C(=O)OCC)cc1)c1ccccc1N1CCCCC1. The molecule has 0 bridgehead atoms. The van der Waals surface area contributed by atoms with Crippen LogP contribution in [0.3, 0.4) is 0 Å². The van der Waals surface area contributed by atoms with Gasteiger partial charge in [0, 0.05) is 30.0 Å². The molecular weight excluding hydrogens is 376 g/mol. The summed E-state index contributed by atoms with van der Waals surface area (Å²) in [7, 11) is 0. The van der Waals surface area contributed by atoms with Gasteiger partial charge in [-0.15, -0.1) is 0 Å². The highest BCUT2D eigenvalue weighted by atomic mass is 16.5. The number of carbonyl (C=O) groups is 2. The molecular formula is C25H30N2O3. The van der Waals surface area contributed by atoms with E-state index in [2.05, 4.69) is 22.3 Å². The highest BCUT2D eigenvalue weighted by Gasteiger charge is 2.17. The number of anilines is 1. The normalized spacial score (nSPS) is 14.3. The lowest BCUT2D eigenvalue weighted by atomic mass is 10.0. The maximum absolute atomic E-state index is 12.7. The van der Waals surface area contributed by atoms with Gasteiger partial charge in [0.15, 0.2) is 0 Å². The van der Waals surface area contributed by atoms with Crippen LogP contribution < -0.4 is 10.2 Å². The first kappa shape index (κ1) is 21.6. The standard InChI is InChI=1S/C25H30N2O3/c1-3-22(21-10-6-7-11-23(21)27-16-8-5-9-17-27)26-24(28)18-19-12-14-20(15-13-19)25(29)30-4-2/h3,6-7,10-15H,4-5,8-9,16-18H2,1-2H3,(H,26,28)/b22-3-. The second-order valence-electron chi connectivity index (χ2n) is 7.41. The minimum atomic E-state index is -0.348. The first-order valence-corrected chi connectivity index (χ1v) is 10.7. The summed E-state index contributed by atoms with van der Waals surface area (Å²) in [6.07, 6.45) is 5.87. The van der Waals surface area contributed by atoms with E-state index in [1.807, 2.05) is 25.1 Å². The fourth-order valence-electron chi connectivity index (χ4n) is 3.76. The van der Waals surface area contributed by atoms with Gasteiger partial charge in [-0.05, 0) is 56.9 Å². The van der Waals surface area contributed by atoms with Crippen molar-refractivity contribution in [3.8, 4) is 0 Å². The number of nitrogens with one attached hydrogen (secondary N) is 1. The number of esters is 1. The van der Waals surface area contributed by atoms with Crippen molar-refractivity contribution in [2.45, 2.75) is 39.5 Å². The van der Waals surface area contributed by atoms with Crippen LogP contribution in [-0.2, 0) is 16.0 Å². The Hall–Kier alpha value is -3.08. The third-order valence-corrected chi connectivity index (χ3v) is 5.28. The van der Waals surface area contributed by atoms with Crippen molar-refractivity contribution in [3.05, 3.63) is 71.3 Å². The molecule has 1 fully saturated rings. The van der Waals surface area contributed by atoms with E-state index < -0.39 is 0 Å². The molecule has 0 radical (unpaired) electrons. The summed E-state index contributed by atoms with van der Waals surface area (Å²) in [4.78, 5) is 26.9. The molecule has 1 aliphatic heterocycles. The Morgan fingerprint density at radius 1 is 1.03 bits per heavy atom. The molecule has 1 N–H and O–H groups in total. The van der Waals surface area contributed by atoms with Crippen LogP contribution in [0, 0.1) is 0 Å². The van der Waals surface area contributed by atoms with Crippen molar-refractivity contribution in [1.82, 2.24) is 5.32 Å². The molecule has 1 saturated heterocycles. The van der Waals surface area contributed by atoms with Crippen LogP contribution in [0.15, 0.2) is 54.6 Å². The molecule has 0 aromatic heterocycles. The molecule has 0 atom stereocenters. The summed E-state index contributed by atoms with van der Waals surface area (Å²) in [5.41, 5.74) is 4.38. The second-order valence-corrected chi connectivity index (χ2v) is 7.41. The number of ether oxygens (including phenoxy) is 1. The number of benzene rings is 2. The fourth-order valence-corrected chi connectivity index (χ4v) is 3.76. The first-order chi connectivity index (χ1) is 14.6. The van der Waals surface area contributed by atoms with Gasteiger partial charge in [0.05, 0.1) is 18.6 Å². The zero-order chi connectivity index (χ0) is 21.3. The van der Waals surface area contributed by atoms with Crippen molar-refractivity contribution < 1.29 is 14.3 Å². The predicted molar refractivity (Wildman–Crippen MR) is 120 cm³/mol. The Bertz CT molecular complexity index is 897. The van der Waals surface area contributed by atoms with Crippen LogP contribution >= 0.6 is 0 Å². The largest absolute Gasteiger partial charge is 0.462 e. The summed E-state index contributed by atoms with van der Waals surface area (Å²) in [6, 6.07) is 15.2. The number of piperidine rings is 1. The van der Waals surface area contributed by atoms with Gasteiger partial charge in [-0.25, -0.2) is 4.79 Å². The van der Waals surface area contributed by atoms with E-state index in [1.165, 1.54) is 24.9 Å². The van der Waals surface area contributed by atoms with Crippen LogP contribution in [0.25, 0.3) is 5.70 Å². The summed E-state index contributed by atoms with van der Waals surface area (Å²) < 4.78 is 5.00. The average molecular weight is 407 g/mol. The zero-order valence-corrected chi connectivity index (χ0v) is 17.8. The van der Waals surface area contributed by atoms with Gasteiger partial charge < -0.3 is 15.0 Å². The molecule has 1 aliphatic rings. The van der Waals surface area contributed by atoms with Gasteiger partial charge in [0.2, 0.25) is 5.91 Å². The summed E-state index contributed by atoms with van der Waals surface area (Å²) in [6.45, 7) is 6.16. The lowest BCUT2D eigenvalue weighted by molar-refractivity contribution is -0.119. The Labute approximate surface area is 178 Å². The van der Waals surface area contributed by atoms with E-state index in [0.717, 1.165) is 29.9 Å². The molecule has 5 nitrogen and oxygen atoms in total. The number of hydrogen-bond donors (Lipinski definition) is 1. The lowest BCUT2D eigenvalue weighted by Gasteiger charge is -2.31. The zero-order valence-electron chi connectivity index (χ0n) is 17.8. The monoisotopic (exact) mass is 406 g/mol. The van der Waals surface area contributed by atoms with Crippen LogP contribution in [0.2, 0.25) is 0 Å². The van der Waals surface area contributed by atoms with Gasteiger partial charge in [0.1, 0.15) is 0 Å². The number of para-hydroxylation sites is 1. The Morgan fingerprint density at radius 2 is 1.73 bits per heavy atom. The molecule has 0 saturated carbocycles. The molecule has 5 heteroatoms.